The molecule has 0 spiro atoms. The molecule has 1 aliphatic heterocycles. The molecule has 204 valence electrons. The first kappa shape index (κ1) is 28.6. The van der Waals surface area contributed by atoms with E-state index >= 15 is 0 Å². The van der Waals surface area contributed by atoms with Gasteiger partial charge in [-0.05, 0) is 48.2 Å². The first-order valence-corrected chi connectivity index (χ1v) is 15.5. The van der Waals surface area contributed by atoms with Gasteiger partial charge in [0.15, 0.2) is 0 Å². The van der Waals surface area contributed by atoms with Crippen LogP contribution >= 0.6 is 22.9 Å². The number of hydrogen-bond acceptors (Lipinski definition) is 6. The van der Waals surface area contributed by atoms with E-state index in [9.17, 15) is 13.2 Å². The van der Waals surface area contributed by atoms with Crippen LogP contribution in [-0.2, 0) is 21.4 Å². The molecule has 2 unspecified atom stereocenters. The van der Waals surface area contributed by atoms with Crippen LogP contribution in [0.4, 0.5) is 0 Å². The van der Waals surface area contributed by atoms with Gasteiger partial charge in [-0.15, -0.1) is 11.3 Å². The van der Waals surface area contributed by atoms with E-state index in [2.05, 4.69) is 35.3 Å². The number of thiophene rings is 1. The summed E-state index contributed by atoms with van der Waals surface area (Å²) in [4.78, 5) is 13.2. The molecule has 4 rings (SSSR count). The van der Waals surface area contributed by atoms with Crippen molar-refractivity contribution < 1.29 is 17.9 Å². The summed E-state index contributed by atoms with van der Waals surface area (Å²) in [5.74, 6) is 1.19. The molecule has 2 heterocycles. The molecular weight excluding hydrogens is 542 g/mol. The summed E-state index contributed by atoms with van der Waals surface area (Å²) in [6.07, 6.45) is 1.71. The van der Waals surface area contributed by atoms with Crippen molar-refractivity contribution in [3.05, 3.63) is 81.7 Å². The lowest BCUT2D eigenvalue weighted by Crippen LogP contribution is -2.36. The van der Waals surface area contributed by atoms with E-state index in [0.717, 1.165) is 47.7 Å². The van der Waals surface area contributed by atoms with Crippen LogP contribution in [0.2, 0.25) is 4.34 Å². The van der Waals surface area contributed by atoms with Gasteiger partial charge < -0.3 is 15.4 Å². The van der Waals surface area contributed by atoms with Crippen molar-refractivity contribution >= 4 is 38.9 Å². The van der Waals surface area contributed by atoms with Gasteiger partial charge >= 0.3 is 0 Å². The summed E-state index contributed by atoms with van der Waals surface area (Å²) in [6, 6.07) is 17.3. The maximum atomic E-state index is 13.2. The van der Waals surface area contributed by atoms with E-state index in [1.807, 2.05) is 42.5 Å². The van der Waals surface area contributed by atoms with Gasteiger partial charge in [0.2, 0.25) is 5.91 Å². The number of carbonyl (C=O) groups excluding carboxylic acids is 1. The first-order chi connectivity index (χ1) is 18.2. The Kier molecular flexibility index (Phi) is 9.84. The smallest absolute Gasteiger partial charge is 0.250 e. The Morgan fingerprint density at radius 2 is 1.92 bits per heavy atom. The van der Waals surface area contributed by atoms with Crippen molar-refractivity contribution in [1.29, 1.82) is 0 Å². The molecule has 0 bridgehead atoms. The molecule has 0 radical (unpaired) electrons. The Labute approximate surface area is 234 Å². The van der Waals surface area contributed by atoms with Crippen LogP contribution in [0, 0.1) is 5.92 Å². The lowest BCUT2D eigenvalue weighted by molar-refractivity contribution is -0.122. The molecule has 2 atom stereocenters. The van der Waals surface area contributed by atoms with Crippen molar-refractivity contribution in [3.8, 4) is 5.75 Å². The zero-order chi connectivity index (χ0) is 27.1. The second-order valence-electron chi connectivity index (χ2n) is 9.84. The quantitative estimate of drug-likeness (QED) is 0.245. The summed E-state index contributed by atoms with van der Waals surface area (Å²) >= 11 is 6.93. The van der Waals surface area contributed by atoms with E-state index in [0.29, 0.717) is 28.8 Å². The minimum absolute atomic E-state index is 0.0487. The molecule has 1 amide bonds. The molecule has 0 saturated carbocycles. The van der Waals surface area contributed by atoms with Gasteiger partial charge in [0.1, 0.15) is 9.96 Å². The third kappa shape index (κ3) is 7.80. The summed E-state index contributed by atoms with van der Waals surface area (Å²) in [5, 5.41) is 6.57. The first-order valence-electron chi connectivity index (χ1n) is 12.8. The predicted octanol–water partition coefficient (Wildman–Crippen LogP) is 5.59. The maximum absolute atomic E-state index is 13.2. The van der Waals surface area contributed by atoms with E-state index in [1.54, 1.807) is 6.07 Å². The highest BCUT2D eigenvalue weighted by molar-refractivity contribution is 7.91. The molecule has 3 aromatic rings. The maximum Gasteiger partial charge on any atom is 0.250 e. The van der Waals surface area contributed by atoms with Crippen molar-refractivity contribution in [3.63, 3.8) is 0 Å². The SMILES string of the molecule is CC(C)CCNCc1ccc2c(c1)OCCC2NC(=O)CC(NS(=O)(=O)c1ccc(Cl)s1)c1ccccc1. The van der Waals surface area contributed by atoms with Gasteiger partial charge in [-0.2, -0.15) is 0 Å². The second kappa shape index (κ2) is 13.1. The molecule has 10 heteroatoms. The number of fused-ring (bicyclic) bond motifs is 1. The van der Waals surface area contributed by atoms with Crippen LogP contribution in [0.5, 0.6) is 5.75 Å². The number of sulfonamides is 1. The fourth-order valence-electron chi connectivity index (χ4n) is 4.36. The molecule has 0 aliphatic carbocycles. The molecule has 38 heavy (non-hydrogen) atoms. The summed E-state index contributed by atoms with van der Waals surface area (Å²) in [7, 11) is -3.86. The average Bonchev–Trinajstić information content (AvgIpc) is 3.34. The predicted molar refractivity (Wildman–Crippen MR) is 152 cm³/mol. The van der Waals surface area contributed by atoms with Crippen LogP contribution in [0.25, 0.3) is 0 Å². The third-order valence-corrected chi connectivity index (χ3v) is 9.58. The zero-order valence-electron chi connectivity index (χ0n) is 21.6. The van der Waals surface area contributed by atoms with Gasteiger partial charge in [0.25, 0.3) is 10.0 Å². The molecule has 2 aromatic carbocycles. The van der Waals surface area contributed by atoms with Gasteiger partial charge in [-0.1, -0.05) is 67.9 Å². The van der Waals surface area contributed by atoms with Crippen molar-refractivity contribution in [2.45, 2.75) is 55.9 Å². The number of carbonyl (C=O) groups is 1. The Balaban J connectivity index is 1.43. The van der Waals surface area contributed by atoms with Crippen molar-refractivity contribution in [1.82, 2.24) is 15.4 Å². The number of rotatable bonds is 12. The van der Waals surface area contributed by atoms with Crippen LogP contribution in [0.15, 0.2) is 64.9 Å². The second-order valence-corrected chi connectivity index (χ2v) is 13.5. The number of benzene rings is 2. The summed E-state index contributed by atoms with van der Waals surface area (Å²) < 4.78 is 35.1. The number of amides is 1. The molecule has 0 saturated heterocycles. The Hall–Kier alpha value is -2.43. The molecular formula is C28H34ClN3O4S2. The highest BCUT2D eigenvalue weighted by Gasteiger charge is 2.28. The Bertz CT molecular complexity index is 1330. The van der Waals surface area contributed by atoms with E-state index in [-0.39, 0.29) is 22.6 Å². The molecule has 0 fully saturated rings. The lowest BCUT2D eigenvalue weighted by atomic mass is 9.98. The van der Waals surface area contributed by atoms with Crippen LogP contribution in [-0.4, -0.2) is 27.5 Å². The molecule has 1 aliphatic rings. The van der Waals surface area contributed by atoms with E-state index in [1.165, 1.54) is 6.07 Å². The number of nitrogens with one attached hydrogen (secondary N) is 3. The Morgan fingerprint density at radius 3 is 2.63 bits per heavy atom. The summed E-state index contributed by atoms with van der Waals surface area (Å²) in [5.41, 5.74) is 2.77. The van der Waals surface area contributed by atoms with Gasteiger partial charge in [-0.25, -0.2) is 13.1 Å². The standard InChI is InChI=1S/C28H34ClN3O4S2/c1-19(2)12-14-30-18-20-8-9-22-23(13-15-36-25(22)16-20)31-27(33)17-24(21-6-4-3-5-7-21)32-38(34,35)28-11-10-26(29)37-28/h3-11,16,19,23-24,30,32H,12-15,17-18H2,1-2H3,(H,31,33). The molecule has 3 N–H and O–H groups in total. The van der Waals surface area contributed by atoms with Crippen molar-refractivity contribution in [2.24, 2.45) is 5.92 Å². The number of ether oxygens (including phenoxy) is 1. The fourth-order valence-corrected chi connectivity index (χ4v) is 7.08. The third-order valence-electron chi connectivity index (χ3n) is 6.38. The summed E-state index contributed by atoms with van der Waals surface area (Å²) in [6.45, 7) is 6.63. The minimum atomic E-state index is -3.86. The highest BCUT2D eigenvalue weighted by Crippen LogP contribution is 2.33. The highest BCUT2D eigenvalue weighted by atomic mass is 35.5. The topological polar surface area (TPSA) is 96.5 Å². The van der Waals surface area contributed by atoms with E-state index in [4.69, 9.17) is 16.3 Å². The fraction of sp³-hybridized carbons (Fsp3) is 0.393. The zero-order valence-corrected chi connectivity index (χ0v) is 24.0. The molecule has 1 aromatic heterocycles. The van der Waals surface area contributed by atoms with Crippen LogP contribution in [0.3, 0.4) is 0 Å². The number of hydrogen-bond donors (Lipinski definition) is 3. The van der Waals surface area contributed by atoms with Gasteiger partial charge in [0, 0.05) is 24.9 Å². The van der Waals surface area contributed by atoms with Gasteiger partial charge in [-0.3, -0.25) is 4.79 Å². The van der Waals surface area contributed by atoms with Crippen molar-refractivity contribution in [2.75, 3.05) is 13.2 Å². The minimum Gasteiger partial charge on any atom is -0.493 e. The average molecular weight is 576 g/mol. The van der Waals surface area contributed by atoms with Crippen LogP contribution in [0.1, 0.15) is 61.9 Å². The molecule has 7 nitrogen and oxygen atoms in total. The van der Waals surface area contributed by atoms with E-state index < -0.39 is 16.1 Å². The lowest BCUT2D eigenvalue weighted by Gasteiger charge is -2.28. The Morgan fingerprint density at radius 1 is 1.13 bits per heavy atom. The van der Waals surface area contributed by atoms with Gasteiger partial charge in [0.05, 0.1) is 23.0 Å². The number of halogens is 1. The normalized spacial score (nSPS) is 16.1. The monoisotopic (exact) mass is 575 g/mol. The largest absolute Gasteiger partial charge is 0.493 e. The van der Waals surface area contributed by atoms with Crippen LogP contribution < -0.4 is 20.1 Å².